The van der Waals surface area contributed by atoms with E-state index in [2.05, 4.69) is 39.0 Å². The van der Waals surface area contributed by atoms with E-state index >= 15 is 0 Å². The van der Waals surface area contributed by atoms with Gasteiger partial charge >= 0.3 is 0 Å². The van der Waals surface area contributed by atoms with Crippen molar-refractivity contribution in [1.82, 2.24) is 14.8 Å². The summed E-state index contributed by atoms with van der Waals surface area (Å²) in [5.41, 5.74) is 6.26. The van der Waals surface area contributed by atoms with E-state index in [-0.39, 0.29) is 5.56 Å². The van der Waals surface area contributed by atoms with Gasteiger partial charge in [0, 0.05) is 23.9 Å². The number of rotatable bonds is 5. The molecule has 0 atom stereocenters. The van der Waals surface area contributed by atoms with Crippen molar-refractivity contribution in [3.05, 3.63) is 69.5 Å². The summed E-state index contributed by atoms with van der Waals surface area (Å²) < 4.78 is 0. The van der Waals surface area contributed by atoms with Crippen LogP contribution in [0.5, 0.6) is 0 Å². The predicted molar refractivity (Wildman–Crippen MR) is 131 cm³/mol. The molecule has 1 aromatic heterocycles. The zero-order valence-electron chi connectivity index (χ0n) is 18.9. The van der Waals surface area contributed by atoms with Crippen LogP contribution in [0.3, 0.4) is 0 Å². The van der Waals surface area contributed by atoms with Crippen molar-refractivity contribution < 1.29 is 0 Å². The normalized spacial score (nSPS) is 19.5. The molecule has 2 fully saturated rings. The molecule has 1 aliphatic carbocycles. The monoisotopic (exact) mass is 427 g/mol. The molecule has 0 amide bonds. The van der Waals surface area contributed by atoms with Crippen LogP contribution in [0, 0.1) is 5.92 Å². The Kier molecular flexibility index (Phi) is 5.36. The molecule has 0 saturated carbocycles. The second-order valence-electron chi connectivity index (χ2n) is 10.1. The number of nitrogens with zero attached hydrogens (tertiary/aromatic N) is 2. The number of likely N-dealkylation sites (tertiary alicyclic amines) is 2. The highest BCUT2D eigenvalue weighted by molar-refractivity contribution is 5.92. The number of hydrogen-bond donors (Lipinski definition) is 1. The molecule has 32 heavy (non-hydrogen) atoms. The Morgan fingerprint density at radius 3 is 2.50 bits per heavy atom. The molecule has 0 unspecified atom stereocenters. The van der Waals surface area contributed by atoms with E-state index in [0.29, 0.717) is 0 Å². The Morgan fingerprint density at radius 1 is 0.906 bits per heavy atom. The number of fused-ring (bicyclic) bond motifs is 5. The number of benzene rings is 2. The van der Waals surface area contributed by atoms with Crippen LogP contribution < -0.4 is 5.56 Å². The number of H-pyrrole nitrogens is 1. The van der Waals surface area contributed by atoms with Crippen molar-refractivity contribution in [1.29, 1.82) is 0 Å². The first-order valence-electron chi connectivity index (χ1n) is 12.5. The van der Waals surface area contributed by atoms with Crippen molar-refractivity contribution >= 4 is 10.8 Å². The molecule has 3 aromatic rings. The molecule has 2 aromatic carbocycles. The highest BCUT2D eigenvalue weighted by Gasteiger charge is 2.24. The maximum Gasteiger partial charge on any atom is 0.256 e. The van der Waals surface area contributed by atoms with Gasteiger partial charge < -0.3 is 9.88 Å². The number of aromatic nitrogens is 1. The number of aromatic amines is 1. The lowest BCUT2D eigenvalue weighted by molar-refractivity contribution is 0.162. The van der Waals surface area contributed by atoms with E-state index in [1.54, 1.807) is 0 Å². The predicted octanol–water partition coefficient (Wildman–Crippen LogP) is 4.80. The molecule has 2 aliphatic heterocycles. The fourth-order valence-electron chi connectivity index (χ4n) is 6.14. The summed E-state index contributed by atoms with van der Waals surface area (Å²) in [7, 11) is 0. The topological polar surface area (TPSA) is 39.3 Å². The smallest absolute Gasteiger partial charge is 0.256 e. The second kappa shape index (κ2) is 8.49. The summed E-state index contributed by atoms with van der Waals surface area (Å²) in [6.07, 6.45) is 7.79. The third-order valence-electron chi connectivity index (χ3n) is 8.01. The van der Waals surface area contributed by atoms with Gasteiger partial charge in [-0.2, -0.15) is 0 Å². The maximum absolute atomic E-state index is 12.6. The number of hydrogen-bond acceptors (Lipinski definition) is 3. The minimum absolute atomic E-state index is 0.0175. The fourth-order valence-corrected chi connectivity index (χ4v) is 6.14. The van der Waals surface area contributed by atoms with E-state index in [9.17, 15) is 4.79 Å². The molecular weight excluding hydrogens is 394 g/mol. The average Bonchev–Trinajstić information content (AvgIpc) is 3.47. The Labute approximate surface area is 190 Å². The first kappa shape index (κ1) is 20.2. The minimum Gasteiger partial charge on any atom is -0.321 e. The van der Waals surface area contributed by atoms with Crippen LogP contribution in [0.15, 0.2) is 47.3 Å². The van der Waals surface area contributed by atoms with E-state index in [1.165, 1.54) is 87.1 Å². The zero-order valence-corrected chi connectivity index (χ0v) is 18.9. The van der Waals surface area contributed by atoms with Crippen molar-refractivity contribution in [3.8, 4) is 11.3 Å². The van der Waals surface area contributed by atoms with Crippen LogP contribution in [0.25, 0.3) is 22.0 Å². The zero-order chi connectivity index (χ0) is 21.5. The van der Waals surface area contributed by atoms with Gasteiger partial charge in [0.05, 0.1) is 5.69 Å². The largest absolute Gasteiger partial charge is 0.321 e. The van der Waals surface area contributed by atoms with Gasteiger partial charge in [-0.3, -0.25) is 9.69 Å². The summed E-state index contributed by atoms with van der Waals surface area (Å²) in [4.78, 5) is 21.0. The van der Waals surface area contributed by atoms with E-state index < -0.39 is 0 Å². The minimum atomic E-state index is 0.0175. The van der Waals surface area contributed by atoms with E-state index in [1.807, 2.05) is 18.2 Å². The molecule has 3 aliphatic rings. The van der Waals surface area contributed by atoms with Crippen LogP contribution in [0.1, 0.15) is 48.8 Å². The summed E-state index contributed by atoms with van der Waals surface area (Å²) in [5.74, 6) is 0.909. The molecule has 4 heteroatoms. The summed E-state index contributed by atoms with van der Waals surface area (Å²) in [6.45, 7) is 7.45. The Bertz CT molecular complexity index is 1180. The SMILES string of the molecule is O=c1[nH]c2c(c3ccccc13)Cc1cc(CN3CCC(CCN4CCCC4)CC3)ccc1-2. The summed E-state index contributed by atoms with van der Waals surface area (Å²) >= 11 is 0. The first-order chi connectivity index (χ1) is 15.7. The Balaban J connectivity index is 1.11. The van der Waals surface area contributed by atoms with Gasteiger partial charge in [0.2, 0.25) is 0 Å². The van der Waals surface area contributed by atoms with E-state index in [4.69, 9.17) is 0 Å². The number of nitrogens with one attached hydrogen (secondary N) is 1. The first-order valence-corrected chi connectivity index (χ1v) is 12.5. The van der Waals surface area contributed by atoms with Crippen molar-refractivity contribution in [2.45, 2.75) is 45.1 Å². The Hall–Kier alpha value is -2.43. The highest BCUT2D eigenvalue weighted by atomic mass is 16.1. The van der Waals surface area contributed by atoms with Crippen LogP contribution in [-0.2, 0) is 13.0 Å². The van der Waals surface area contributed by atoms with Crippen LogP contribution in [-0.4, -0.2) is 47.5 Å². The van der Waals surface area contributed by atoms with Gasteiger partial charge in [-0.05, 0) is 98.9 Å². The molecule has 0 spiro atoms. The number of pyridine rings is 1. The lowest BCUT2D eigenvalue weighted by atomic mass is 9.93. The molecule has 3 heterocycles. The molecular formula is C28H33N3O. The third kappa shape index (κ3) is 3.80. The summed E-state index contributed by atoms with van der Waals surface area (Å²) in [5, 5.41) is 1.90. The highest BCUT2D eigenvalue weighted by Crippen LogP contribution is 2.38. The second-order valence-corrected chi connectivity index (χ2v) is 10.1. The standard InChI is InChI=1S/C28H33N3O/c32-28-25-6-2-1-5-24(25)26-18-22-17-21(7-8-23(22)27(26)29-28)19-31-15-10-20(11-16-31)9-14-30-12-3-4-13-30/h1-2,5-8,17,20H,3-4,9-16,18-19H2,(H,29,32). The van der Waals surface area contributed by atoms with Gasteiger partial charge in [0.15, 0.2) is 0 Å². The summed E-state index contributed by atoms with van der Waals surface area (Å²) in [6, 6.07) is 14.9. The molecule has 2 saturated heterocycles. The van der Waals surface area contributed by atoms with Crippen molar-refractivity contribution in [2.75, 3.05) is 32.7 Å². The third-order valence-corrected chi connectivity index (χ3v) is 8.01. The maximum atomic E-state index is 12.6. The molecule has 0 radical (unpaired) electrons. The van der Waals surface area contributed by atoms with Crippen LogP contribution in [0.2, 0.25) is 0 Å². The van der Waals surface area contributed by atoms with Crippen molar-refractivity contribution in [2.24, 2.45) is 5.92 Å². The van der Waals surface area contributed by atoms with Crippen molar-refractivity contribution in [3.63, 3.8) is 0 Å². The lowest BCUT2D eigenvalue weighted by Crippen LogP contribution is -2.34. The molecule has 4 nitrogen and oxygen atoms in total. The van der Waals surface area contributed by atoms with Gasteiger partial charge in [-0.1, -0.05) is 36.4 Å². The van der Waals surface area contributed by atoms with Gasteiger partial charge in [-0.15, -0.1) is 0 Å². The van der Waals surface area contributed by atoms with Crippen LogP contribution >= 0.6 is 0 Å². The molecule has 166 valence electrons. The van der Waals surface area contributed by atoms with Gasteiger partial charge in [0.1, 0.15) is 0 Å². The average molecular weight is 428 g/mol. The Morgan fingerprint density at radius 2 is 1.69 bits per heavy atom. The van der Waals surface area contributed by atoms with Crippen LogP contribution in [0.4, 0.5) is 0 Å². The lowest BCUT2D eigenvalue weighted by Gasteiger charge is -2.32. The van der Waals surface area contributed by atoms with E-state index in [0.717, 1.165) is 35.3 Å². The van der Waals surface area contributed by atoms with Gasteiger partial charge in [-0.25, -0.2) is 0 Å². The quantitative estimate of drug-likeness (QED) is 0.497. The molecule has 0 bridgehead atoms. The molecule has 6 rings (SSSR count). The van der Waals surface area contributed by atoms with Gasteiger partial charge in [0.25, 0.3) is 5.56 Å². The fraction of sp³-hybridized carbons (Fsp3) is 0.464. The number of piperidine rings is 1. The molecule has 1 N–H and O–H groups in total.